The van der Waals surface area contributed by atoms with Crippen LogP contribution in [0.1, 0.15) is 60.6 Å². The van der Waals surface area contributed by atoms with E-state index >= 15 is 0 Å². The summed E-state index contributed by atoms with van der Waals surface area (Å²) >= 11 is 0. The fourth-order valence-electron chi connectivity index (χ4n) is 5.76. The van der Waals surface area contributed by atoms with Gasteiger partial charge in [-0.1, -0.05) is 74.5 Å². The van der Waals surface area contributed by atoms with Crippen molar-refractivity contribution >= 4 is 21.7 Å². The minimum atomic E-state index is 0.474. The molecule has 3 aromatic carbocycles. The number of hydrogen-bond donors (Lipinski definition) is 0. The molecule has 204 valence electrons. The van der Waals surface area contributed by atoms with Crippen molar-refractivity contribution in [3.63, 3.8) is 0 Å². The summed E-state index contributed by atoms with van der Waals surface area (Å²) in [6.07, 6.45) is 8.42. The lowest BCUT2D eigenvalue weighted by molar-refractivity contribution is 0.734. The van der Waals surface area contributed by atoms with Crippen molar-refractivity contribution in [3.05, 3.63) is 125 Å². The molecule has 0 aliphatic rings. The smallest absolute Gasteiger partial charge is 0.0787 e. The number of rotatable bonds is 8. The number of fused-ring (bicyclic) bond motifs is 2. The summed E-state index contributed by atoms with van der Waals surface area (Å²) < 4.78 is 0. The van der Waals surface area contributed by atoms with Crippen LogP contribution in [0.3, 0.4) is 0 Å². The highest BCUT2D eigenvalue weighted by molar-refractivity contribution is 6.04. The van der Waals surface area contributed by atoms with E-state index in [0.29, 0.717) is 5.92 Å². The van der Waals surface area contributed by atoms with Crippen LogP contribution in [0.4, 0.5) is 0 Å². The van der Waals surface area contributed by atoms with E-state index in [1.165, 1.54) is 33.0 Å². The van der Waals surface area contributed by atoms with Gasteiger partial charge in [0.1, 0.15) is 0 Å². The van der Waals surface area contributed by atoms with Gasteiger partial charge >= 0.3 is 0 Å². The van der Waals surface area contributed by atoms with Gasteiger partial charge < -0.3 is 0 Å². The molecule has 0 unspecified atom stereocenters. The van der Waals surface area contributed by atoms with Crippen molar-refractivity contribution in [3.8, 4) is 22.5 Å². The van der Waals surface area contributed by atoms with Crippen LogP contribution in [0, 0.1) is 13.8 Å². The fraction of sp³-hybridized carbons (Fsp3) is 0.237. The Bertz CT molecular complexity index is 1810. The molecule has 0 N–H and O–H groups in total. The first-order chi connectivity index (χ1) is 20.0. The summed E-state index contributed by atoms with van der Waals surface area (Å²) in [5.74, 6) is 0.474. The SMILES string of the molecule is Cc1cc(-c2ncc(CCCCc3ccc(-c4ccccc4)nc3)c3cc(C(C)C)ccc23)c2ccc(C)nc2c1. The largest absolute Gasteiger partial charge is 0.256 e. The van der Waals surface area contributed by atoms with Crippen molar-refractivity contribution in [1.82, 2.24) is 15.0 Å². The maximum atomic E-state index is 5.10. The highest BCUT2D eigenvalue weighted by Gasteiger charge is 2.15. The van der Waals surface area contributed by atoms with E-state index in [-0.39, 0.29) is 0 Å². The summed E-state index contributed by atoms with van der Waals surface area (Å²) in [6.45, 7) is 8.73. The second-order valence-electron chi connectivity index (χ2n) is 11.5. The number of benzene rings is 3. The highest BCUT2D eigenvalue weighted by atomic mass is 14.7. The number of hydrogen-bond acceptors (Lipinski definition) is 3. The van der Waals surface area contributed by atoms with Gasteiger partial charge in [0, 0.05) is 40.0 Å². The molecule has 6 rings (SSSR count). The lowest BCUT2D eigenvalue weighted by Gasteiger charge is -2.15. The quantitative estimate of drug-likeness (QED) is 0.182. The van der Waals surface area contributed by atoms with Crippen LogP contribution in [-0.4, -0.2) is 15.0 Å². The summed E-state index contributed by atoms with van der Waals surface area (Å²) in [7, 11) is 0. The lowest BCUT2D eigenvalue weighted by Crippen LogP contribution is -1.98. The third-order valence-electron chi connectivity index (χ3n) is 8.06. The first kappa shape index (κ1) is 26.8. The molecule has 0 bridgehead atoms. The van der Waals surface area contributed by atoms with Crippen molar-refractivity contribution in [2.45, 2.75) is 59.3 Å². The Morgan fingerprint density at radius 3 is 2.27 bits per heavy atom. The third-order valence-corrected chi connectivity index (χ3v) is 8.06. The molecule has 3 heteroatoms. The zero-order valence-electron chi connectivity index (χ0n) is 24.5. The third kappa shape index (κ3) is 5.76. The second kappa shape index (κ2) is 11.6. The first-order valence-corrected chi connectivity index (χ1v) is 14.8. The molecule has 41 heavy (non-hydrogen) atoms. The Labute approximate surface area is 243 Å². The molecule has 0 spiro atoms. The van der Waals surface area contributed by atoms with Crippen LogP contribution in [0.2, 0.25) is 0 Å². The Morgan fingerprint density at radius 1 is 0.683 bits per heavy atom. The molecule has 3 aromatic heterocycles. The average Bonchev–Trinajstić information content (AvgIpc) is 2.99. The topological polar surface area (TPSA) is 38.7 Å². The second-order valence-corrected chi connectivity index (χ2v) is 11.5. The molecule has 6 aromatic rings. The number of unbranched alkanes of at least 4 members (excludes halogenated alkanes) is 1. The summed E-state index contributed by atoms with van der Waals surface area (Å²) in [4.78, 5) is 14.6. The number of nitrogens with zero attached hydrogens (tertiary/aromatic N) is 3. The average molecular weight is 536 g/mol. The molecule has 0 fully saturated rings. The van der Waals surface area contributed by atoms with Gasteiger partial charge in [0.25, 0.3) is 0 Å². The Kier molecular flexibility index (Phi) is 7.61. The van der Waals surface area contributed by atoms with E-state index < -0.39 is 0 Å². The predicted octanol–water partition coefficient (Wildman–Crippen LogP) is 9.82. The molecule has 0 radical (unpaired) electrons. The lowest BCUT2D eigenvalue weighted by atomic mass is 9.92. The van der Waals surface area contributed by atoms with E-state index in [1.807, 2.05) is 19.2 Å². The van der Waals surface area contributed by atoms with Crippen molar-refractivity contribution < 1.29 is 0 Å². The standard InChI is InChI=1S/C38H37N3/c1-25(2)30-16-18-33-34(22-30)31(13-9-8-10-28-15-19-36(39-23-28)29-11-6-5-7-12-29)24-40-38(33)35-20-26(3)21-37-32(35)17-14-27(4)41-37/h5-7,11-12,14-25H,8-10,13H2,1-4H3. The van der Waals surface area contributed by atoms with Crippen LogP contribution in [0.5, 0.6) is 0 Å². The molecule has 0 saturated heterocycles. The van der Waals surface area contributed by atoms with Gasteiger partial charge in [-0.3, -0.25) is 15.0 Å². The van der Waals surface area contributed by atoms with Crippen molar-refractivity contribution in [2.75, 3.05) is 0 Å². The molecular weight excluding hydrogens is 498 g/mol. The zero-order valence-corrected chi connectivity index (χ0v) is 24.5. The van der Waals surface area contributed by atoms with Gasteiger partial charge in [0.2, 0.25) is 0 Å². The van der Waals surface area contributed by atoms with E-state index in [4.69, 9.17) is 15.0 Å². The zero-order chi connectivity index (χ0) is 28.3. The van der Waals surface area contributed by atoms with Crippen molar-refractivity contribution in [2.24, 2.45) is 0 Å². The molecule has 0 saturated carbocycles. The van der Waals surface area contributed by atoms with Gasteiger partial charge in [0.05, 0.1) is 16.9 Å². The Hall–Kier alpha value is -4.37. The Morgan fingerprint density at radius 2 is 1.49 bits per heavy atom. The van der Waals surface area contributed by atoms with Crippen LogP contribution >= 0.6 is 0 Å². The van der Waals surface area contributed by atoms with Crippen LogP contribution in [-0.2, 0) is 12.8 Å². The molecule has 3 nitrogen and oxygen atoms in total. The Balaban J connectivity index is 1.26. The normalized spacial score (nSPS) is 11.5. The predicted molar refractivity (Wildman–Crippen MR) is 172 cm³/mol. The fourth-order valence-corrected chi connectivity index (χ4v) is 5.76. The van der Waals surface area contributed by atoms with E-state index in [9.17, 15) is 0 Å². The van der Waals surface area contributed by atoms with Gasteiger partial charge in [-0.2, -0.15) is 0 Å². The molecule has 0 aliphatic carbocycles. The molecule has 0 amide bonds. The molecule has 0 atom stereocenters. The van der Waals surface area contributed by atoms with Crippen LogP contribution in [0.15, 0.2) is 97.3 Å². The molecular formula is C38H37N3. The monoisotopic (exact) mass is 535 g/mol. The van der Waals surface area contributed by atoms with E-state index in [2.05, 4.69) is 106 Å². The van der Waals surface area contributed by atoms with Gasteiger partial charge in [-0.25, -0.2) is 0 Å². The van der Waals surface area contributed by atoms with Crippen molar-refractivity contribution in [1.29, 1.82) is 0 Å². The van der Waals surface area contributed by atoms with Crippen LogP contribution in [0.25, 0.3) is 44.2 Å². The van der Waals surface area contributed by atoms with E-state index in [1.54, 1.807) is 0 Å². The molecule has 3 heterocycles. The molecule has 0 aliphatic heterocycles. The maximum Gasteiger partial charge on any atom is 0.0787 e. The van der Waals surface area contributed by atoms with Crippen LogP contribution < -0.4 is 0 Å². The number of aromatic nitrogens is 3. The van der Waals surface area contributed by atoms with Gasteiger partial charge in [0.15, 0.2) is 0 Å². The minimum absolute atomic E-state index is 0.474. The number of aryl methyl sites for hydroxylation is 4. The minimum Gasteiger partial charge on any atom is -0.256 e. The van der Waals surface area contributed by atoms with Gasteiger partial charge in [-0.15, -0.1) is 0 Å². The number of pyridine rings is 3. The highest BCUT2D eigenvalue weighted by Crippen LogP contribution is 2.36. The maximum absolute atomic E-state index is 5.10. The first-order valence-electron chi connectivity index (χ1n) is 14.8. The summed E-state index contributed by atoms with van der Waals surface area (Å²) in [5.41, 5.74) is 11.6. The summed E-state index contributed by atoms with van der Waals surface area (Å²) in [6, 6.07) is 30.4. The van der Waals surface area contributed by atoms with E-state index in [0.717, 1.165) is 64.8 Å². The van der Waals surface area contributed by atoms with Gasteiger partial charge in [-0.05, 0) is 97.4 Å². The summed E-state index contributed by atoms with van der Waals surface area (Å²) in [5, 5.41) is 3.70.